The largest absolute Gasteiger partial charge is 0.493 e. The van der Waals surface area contributed by atoms with Crippen molar-refractivity contribution in [1.82, 2.24) is 4.90 Å². The maximum Gasteiger partial charge on any atom is 0.261 e. The van der Waals surface area contributed by atoms with Gasteiger partial charge in [0.1, 0.15) is 0 Å². The molecule has 0 aliphatic carbocycles. The molecule has 0 unspecified atom stereocenters. The summed E-state index contributed by atoms with van der Waals surface area (Å²) in [7, 11) is 1.68. The maximum atomic E-state index is 12.6. The van der Waals surface area contributed by atoms with Gasteiger partial charge in [-0.2, -0.15) is 0 Å². The number of aliphatic imine (C=N–C) groups is 1. The predicted molar refractivity (Wildman–Crippen MR) is 152 cm³/mol. The fraction of sp³-hybridized carbons (Fsp3) is 0.531. The zero-order valence-electron chi connectivity index (χ0n) is 23.1. The molecule has 2 amide bonds. The van der Waals surface area contributed by atoms with Gasteiger partial charge in [-0.3, -0.25) is 19.5 Å². The van der Waals surface area contributed by atoms with Gasteiger partial charge >= 0.3 is 0 Å². The van der Waals surface area contributed by atoms with Crippen molar-refractivity contribution in [2.75, 3.05) is 26.8 Å². The smallest absolute Gasteiger partial charge is 0.261 e. The molecule has 0 saturated heterocycles. The van der Waals surface area contributed by atoms with Crippen LogP contribution in [0.3, 0.4) is 0 Å². The number of rotatable bonds is 16. The first-order valence-electron chi connectivity index (χ1n) is 14.5. The zero-order valence-corrected chi connectivity index (χ0v) is 23.1. The number of unbranched alkanes of at least 4 members (excludes halogenated alkanes) is 8. The fourth-order valence-corrected chi connectivity index (χ4v) is 5.46. The van der Waals surface area contributed by atoms with Crippen LogP contribution in [0.15, 0.2) is 41.4 Å². The molecule has 0 bridgehead atoms. The summed E-state index contributed by atoms with van der Waals surface area (Å²) >= 11 is 0. The molecular weight excluding hydrogens is 476 g/mol. The van der Waals surface area contributed by atoms with Crippen LogP contribution in [0.4, 0.5) is 0 Å². The van der Waals surface area contributed by atoms with E-state index in [1.807, 2.05) is 6.07 Å². The third-order valence-corrected chi connectivity index (χ3v) is 7.59. The Labute approximate surface area is 227 Å². The van der Waals surface area contributed by atoms with Crippen molar-refractivity contribution >= 4 is 17.5 Å². The third-order valence-electron chi connectivity index (χ3n) is 7.59. The van der Waals surface area contributed by atoms with E-state index in [1.165, 1.54) is 73.1 Å². The lowest BCUT2D eigenvalue weighted by atomic mass is 9.93. The minimum Gasteiger partial charge on any atom is -0.493 e. The molecular formula is C32H42N2O4. The zero-order chi connectivity index (χ0) is 26.7. The van der Waals surface area contributed by atoms with Crippen LogP contribution in [-0.2, 0) is 6.42 Å². The SMILES string of the molecule is CCCCCCCCCCC1=NCCc2c1ccc(OC)c2OCCCCN1C(=O)c2ccccc2C1=O. The monoisotopic (exact) mass is 518 g/mol. The molecule has 2 aliphatic heterocycles. The first-order valence-corrected chi connectivity index (χ1v) is 14.5. The van der Waals surface area contributed by atoms with Crippen LogP contribution < -0.4 is 9.47 Å². The van der Waals surface area contributed by atoms with Crippen LogP contribution in [0.2, 0.25) is 0 Å². The van der Waals surface area contributed by atoms with Gasteiger partial charge in [0.2, 0.25) is 0 Å². The quantitative estimate of drug-likeness (QED) is 0.177. The molecule has 6 heteroatoms. The molecule has 2 aliphatic rings. The Morgan fingerprint density at radius 2 is 1.50 bits per heavy atom. The number of benzene rings is 2. The molecule has 0 spiro atoms. The predicted octanol–water partition coefficient (Wildman–Crippen LogP) is 7.03. The topological polar surface area (TPSA) is 68.2 Å². The van der Waals surface area contributed by atoms with E-state index in [4.69, 9.17) is 14.5 Å². The van der Waals surface area contributed by atoms with Gasteiger partial charge in [0.15, 0.2) is 11.5 Å². The average Bonchev–Trinajstić information content (AvgIpc) is 3.19. The minimum absolute atomic E-state index is 0.200. The lowest BCUT2D eigenvalue weighted by Gasteiger charge is -2.22. The van der Waals surface area contributed by atoms with E-state index in [0.717, 1.165) is 37.3 Å². The second-order valence-electron chi connectivity index (χ2n) is 10.3. The highest BCUT2D eigenvalue weighted by Gasteiger charge is 2.34. The van der Waals surface area contributed by atoms with E-state index in [2.05, 4.69) is 13.0 Å². The molecule has 0 aromatic heterocycles. The summed E-state index contributed by atoms with van der Waals surface area (Å²) < 4.78 is 11.9. The van der Waals surface area contributed by atoms with Crippen molar-refractivity contribution in [2.45, 2.75) is 84.0 Å². The standard InChI is InChI=1S/C32H42N2O4/c1-3-4-5-6-7-8-9-10-17-28-24-18-19-29(37-2)30(25(24)20-21-33-28)38-23-14-13-22-34-31(35)26-15-11-12-16-27(26)32(34)36/h11-12,15-16,18-19H,3-10,13-14,17,20-23H2,1-2H3. The number of imide groups is 1. The average molecular weight is 519 g/mol. The number of amides is 2. The molecule has 0 saturated carbocycles. The number of fused-ring (bicyclic) bond motifs is 2. The van der Waals surface area contributed by atoms with E-state index in [1.54, 1.807) is 31.4 Å². The van der Waals surface area contributed by atoms with Gasteiger partial charge in [-0.15, -0.1) is 0 Å². The van der Waals surface area contributed by atoms with Gasteiger partial charge in [-0.1, -0.05) is 64.0 Å². The molecule has 2 heterocycles. The normalized spacial score (nSPS) is 14.4. The fourth-order valence-electron chi connectivity index (χ4n) is 5.46. The van der Waals surface area contributed by atoms with Gasteiger partial charge in [0.25, 0.3) is 11.8 Å². The number of methoxy groups -OCH3 is 1. The van der Waals surface area contributed by atoms with E-state index in [-0.39, 0.29) is 11.8 Å². The first-order chi connectivity index (χ1) is 18.7. The van der Waals surface area contributed by atoms with E-state index < -0.39 is 0 Å². The van der Waals surface area contributed by atoms with Crippen molar-refractivity contribution in [3.8, 4) is 11.5 Å². The van der Waals surface area contributed by atoms with Crippen molar-refractivity contribution in [1.29, 1.82) is 0 Å². The number of carbonyl (C=O) groups is 2. The highest BCUT2D eigenvalue weighted by molar-refractivity contribution is 6.21. The van der Waals surface area contributed by atoms with Crippen molar-refractivity contribution in [3.63, 3.8) is 0 Å². The highest BCUT2D eigenvalue weighted by Crippen LogP contribution is 2.37. The lowest BCUT2D eigenvalue weighted by molar-refractivity contribution is 0.0649. The Hall–Kier alpha value is -3.15. The molecule has 6 nitrogen and oxygen atoms in total. The summed E-state index contributed by atoms with van der Waals surface area (Å²) in [5.41, 5.74) is 4.57. The van der Waals surface area contributed by atoms with Crippen LogP contribution in [0.5, 0.6) is 11.5 Å². The molecule has 4 rings (SSSR count). The summed E-state index contributed by atoms with van der Waals surface area (Å²) in [4.78, 5) is 31.4. The van der Waals surface area contributed by atoms with Crippen LogP contribution in [0.25, 0.3) is 0 Å². The molecule has 38 heavy (non-hydrogen) atoms. The van der Waals surface area contributed by atoms with Crippen LogP contribution in [0, 0.1) is 0 Å². The van der Waals surface area contributed by atoms with Crippen LogP contribution in [0.1, 0.15) is 109 Å². The Morgan fingerprint density at radius 1 is 0.816 bits per heavy atom. The Bertz CT molecular complexity index is 1110. The number of hydrogen-bond donors (Lipinski definition) is 0. The second-order valence-corrected chi connectivity index (χ2v) is 10.3. The molecule has 0 fully saturated rings. The summed E-state index contributed by atoms with van der Waals surface area (Å²) in [6.45, 7) is 3.94. The van der Waals surface area contributed by atoms with E-state index >= 15 is 0 Å². The lowest BCUT2D eigenvalue weighted by Crippen LogP contribution is -2.30. The van der Waals surface area contributed by atoms with Crippen molar-refractivity contribution in [3.05, 3.63) is 58.7 Å². The van der Waals surface area contributed by atoms with E-state index in [0.29, 0.717) is 30.7 Å². The molecule has 2 aromatic rings. The molecule has 204 valence electrons. The summed E-state index contributed by atoms with van der Waals surface area (Å²) in [6.07, 6.45) is 13.7. The van der Waals surface area contributed by atoms with Gasteiger partial charge in [0.05, 0.1) is 24.8 Å². The number of carbonyl (C=O) groups excluding carboxylic acids is 2. The van der Waals surface area contributed by atoms with Gasteiger partial charge in [-0.05, 0) is 56.4 Å². The van der Waals surface area contributed by atoms with E-state index in [9.17, 15) is 9.59 Å². The number of hydrogen-bond acceptors (Lipinski definition) is 5. The van der Waals surface area contributed by atoms with Gasteiger partial charge in [-0.25, -0.2) is 0 Å². The third kappa shape index (κ3) is 6.64. The Kier molecular flexibility index (Phi) is 10.4. The summed E-state index contributed by atoms with van der Waals surface area (Å²) in [6, 6.07) is 11.1. The van der Waals surface area contributed by atoms with Crippen molar-refractivity contribution in [2.24, 2.45) is 4.99 Å². The first kappa shape index (κ1) is 27.9. The second kappa shape index (κ2) is 14.1. The van der Waals surface area contributed by atoms with Crippen LogP contribution in [-0.4, -0.2) is 49.2 Å². The molecule has 2 aromatic carbocycles. The van der Waals surface area contributed by atoms with Crippen molar-refractivity contribution < 1.29 is 19.1 Å². The molecule has 0 radical (unpaired) electrons. The molecule has 0 N–H and O–H groups in total. The minimum atomic E-state index is -0.200. The van der Waals surface area contributed by atoms with Gasteiger partial charge in [0, 0.05) is 29.9 Å². The number of ether oxygens (including phenoxy) is 2. The summed E-state index contributed by atoms with van der Waals surface area (Å²) in [5, 5.41) is 0. The maximum absolute atomic E-state index is 12.6. The Morgan fingerprint density at radius 3 is 2.18 bits per heavy atom. The highest BCUT2D eigenvalue weighted by atomic mass is 16.5. The number of nitrogens with zero attached hydrogens (tertiary/aromatic N) is 2. The van der Waals surface area contributed by atoms with Gasteiger partial charge < -0.3 is 9.47 Å². The Balaban J connectivity index is 1.27. The van der Waals surface area contributed by atoms with Crippen LogP contribution >= 0.6 is 0 Å². The molecule has 0 atom stereocenters. The summed E-state index contributed by atoms with van der Waals surface area (Å²) in [5.74, 6) is 1.16.